The van der Waals surface area contributed by atoms with Crippen LogP contribution in [0.15, 0.2) is 36.9 Å². The molecular formula is C14H16N6. The van der Waals surface area contributed by atoms with Crippen LogP contribution in [0.2, 0.25) is 0 Å². The van der Waals surface area contributed by atoms with Gasteiger partial charge in [0.1, 0.15) is 18.0 Å². The summed E-state index contributed by atoms with van der Waals surface area (Å²) in [7, 11) is 0. The molecule has 0 radical (unpaired) electrons. The number of rotatable bonds is 4. The molecule has 3 rings (SSSR count). The highest BCUT2D eigenvalue weighted by Crippen LogP contribution is 2.25. The Morgan fingerprint density at radius 3 is 2.95 bits per heavy atom. The van der Waals surface area contributed by atoms with Crippen LogP contribution in [-0.4, -0.2) is 19.9 Å². The second kappa shape index (κ2) is 5.16. The molecule has 20 heavy (non-hydrogen) atoms. The van der Waals surface area contributed by atoms with Crippen molar-refractivity contribution in [1.82, 2.24) is 19.9 Å². The van der Waals surface area contributed by atoms with Crippen LogP contribution in [0.25, 0.3) is 10.9 Å². The van der Waals surface area contributed by atoms with Gasteiger partial charge in [-0.1, -0.05) is 6.92 Å². The van der Waals surface area contributed by atoms with E-state index in [2.05, 4.69) is 32.2 Å². The molecule has 0 aliphatic heterocycles. The van der Waals surface area contributed by atoms with E-state index in [-0.39, 0.29) is 6.04 Å². The van der Waals surface area contributed by atoms with E-state index < -0.39 is 0 Å². The van der Waals surface area contributed by atoms with Gasteiger partial charge in [0.2, 0.25) is 0 Å². The van der Waals surface area contributed by atoms with Crippen molar-refractivity contribution in [1.29, 1.82) is 0 Å². The third-order valence-corrected chi connectivity index (χ3v) is 3.23. The highest BCUT2D eigenvalue weighted by molar-refractivity contribution is 5.91. The number of nitrogen functional groups attached to an aromatic ring is 1. The fourth-order valence-corrected chi connectivity index (χ4v) is 2.19. The average molecular weight is 268 g/mol. The van der Waals surface area contributed by atoms with E-state index in [4.69, 9.17) is 5.73 Å². The van der Waals surface area contributed by atoms with E-state index in [0.717, 1.165) is 29.0 Å². The summed E-state index contributed by atoms with van der Waals surface area (Å²) in [5.74, 6) is 1.66. The minimum absolute atomic E-state index is 0.0736. The zero-order chi connectivity index (χ0) is 13.9. The first-order chi connectivity index (χ1) is 9.78. The van der Waals surface area contributed by atoms with Crippen molar-refractivity contribution in [2.24, 2.45) is 0 Å². The Balaban J connectivity index is 1.99. The van der Waals surface area contributed by atoms with E-state index >= 15 is 0 Å². The fourth-order valence-electron chi connectivity index (χ4n) is 2.19. The molecule has 6 nitrogen and oxygen atoms in total. The molecule has 2 heterocycles. The lowest BCUT2D eigenvalue weighted by Gasteiger charge is -2.16. The van der Waals surface area contributed by atoms with Gasteiger partial charge in [-0.3, -0.25) is 0 Å². The van der Waals surface area contributed by atoms with E-state index in [1.165, 1.54) is 0 Å². The molecule has 0 bridgehead atoms. The van der Waals surface area contributed by atoms with Gasteiger partial charge in [-0.2, -0.15) is 0 Å². The van der Waals surface area contributed by atoms with Crippen molar-refractivity contribution < 1.29 is 0 Å². The first-order valence-electron chi connectivity index (χ1n) is 6.54. The molecule has 0 amide bonds. The normalized spacial score (nSPS) is 12.4. The predicted molar refractivity (Wildman–Crippen MR) is 79.2 cm³/mol. The Labute approximate surface area is 116 Å². The maximum Gasteiger partial charge on any atom is 0.137 e. The highest BCUT2D eigenvalue weighted by Gasteiger charge is 2.14. The molecule has 102 valence electrons. The van der Waals surface area contributed by atoms with E-state index in [9.17, 15) is 0 Å². The Morgan fingerprint density at radius 2 is 2.20 bits per heavy atom. The summed E-state index contributed by atoms with van der Waals surface area (Å²) in [6, 6.07) is 5.69. The van der Waals surface area contributed by atoms with E-state index in [1.807, 2.05) is 24.4 Å². The number of nitrogens with one attached hydrogen (secondary N) is 2. The predicted octanol–water partition coefficient (Wildman–Crippen LogP) is 2.50. The zero-order valence-electron chi connectivity index (χ0n) is 11.2. The van der Waals surface area contributed by atoms with Gasteiger partial charge in [-0.25, -0.2) is 15.0 Å². The maximum absolute atomic E-state index is 5.85. The Morgan fingerprint density at radius 1 is 1.30 bits per heavy atom. The lowest BCUT2D eigenvalue weighted by Crippen LogP contribution is -2.12. The zero-order valence-corrected chi connectivity index (χ0v) is 11.2. The molecule has 0 aliphatic carbocycles. The molecule has 0 aliphatic rings. The lowest BCUT2D eigenvalue weighted by molar-refractivity contribution is 0.701. The number of benzene rings is 1. The van der Waals surface area contributed by atoms with Crippen molar-refractivity contribution in [3.8, 4) is 0 Å². The van der Waals surface area contributed by atoms with Crippen molar-refractivity contribution >= 4 is 22.4 Å². The monoisotopic (exact) mass is 268 g/mol. The van der Waals surface area contributed by atoms with Gasteiger partial charge in [-0.15, -0.1) is 0 Å². The SMILES string of the molecule is CCC(Nc1ncnc2ccc(N)cc12)c1ncc[nH]1. The second-order valence-corrected chi connectivity index (χ2v) is 4.58. The standard InChI is InChI=1S/C14H16N6/c1-2-11(14-16-5-6-17-14)20-13-10-7-9(15)3-4-12(10)18-8-19-13/h3-8,11H,2,15H2,1H3,(H,16,17)(H,18,19,20). The van der Waals surface area contributed by atoms with Crippen molar-refractivity contribution in [3.63, 3.8) is 0 Å². The van der Waals surface area contributed by atoms with Gasteiger partial charge in [0.05, 0.1) is 11.6 Å². The third kappa shape index (κ3) is 2.27. The first-order valence-corrected chi connectivity index (χ1v) is 6.54. The lowest BCUT2D eigenvalue weighted by atomic mass is 10.1. The molecule has 1 aromatic carbocycles. The highest BCUT2D eigenvalue weighted by atomic mass is 15.1. The van der Waals surface area contributed by atoms with Gasteiger partial charge >= 0.3 is 0 Å². The molecule has 1 unspecified atom stereocenters. The van der Waals surface area contributed by atoms with E-state index in [0.29, 0.717) is 5.69 Å². The van der Waals surface area contributed by atoms with Crippen LogP contribution >= 0.6 is 0 Å². The Kier molecular flexibility index (Phi) is 3.20. The minimum atomic E-state index is 0.0736. The summed E-state index contributed by atoms with van der Waals surface area (Å²) in [5, 5.41) is 4.32. The number of aromatic amines is 1. The third-order valence-electron chi connectivity index (χ3n) is 3.23. The number of hydrogen-bond acceptors (Lipinski definition) is 5. The van der Waals surface area contributed by atoms with Crippen LogP contribution < -0.4 is 11.1 Å². The molecule has 0 spiro atoms. The molecule has 0 saturated heterocycles. The summed E-state index contributed by atoms with van der Waals surface area (Å²) >= 11 is 0. The molecule has 6 heteroatoms. The van der Waals surface area contributed by atoms with Crippen LogP contribution in [-0.2, 0) is 0 Å². The fraction of sp³-hybridized carbons (Fsp3) is 0.214. The van der Waals surface area contributed by atoms with Gasteiger partial charge < -0.3 is 16.0 Å². The second-order valence-electron chi connectivity index (χ2n) is 4.58. The molecule has 1 atom stereocenters. The Hall–Kier alpha value is -2.63. The summed E-state index contributed by atoms with van der Waals surface area (Å²) in [6.07, 6.45) is 6.00. The first kappa shape index (κ1) is 12.4. The summed E-state index contributed by atoms with van der Waals surface area (Å²) in [6.45, 7) is 2.10. The number of hydrogen-bond donors (Lipinski definition) is 3. The number of nitrogens with two attached hydrogens (primary N) is 1. The number of fused-ring (bicyclic) bond motifs is 1. The molecule has 0 fully saturated rings. The number of imidazole rings is 1. The molecular weight excluding hydrogens is 252 g/mol. The Bertz CT molecular complexity index is 707. The summed E-state index contributed by atoms with van der Waals surface area (Å²) < 4.78 is 0. The van der Waals surface area contributed by atoms with Crippen LogP contribution in [0, 0.1) is 0 Å². The quantitative estimate of drug-likeness (QED) is 0.632. The van der Waals surface area contributed by atoms with Crippen LogP contribution in [0.5, 0.6) is 0 Å². The van der Waals surface area contributed by atoms with Gasteiger partial charge in [-0.05, 0) is 24.6 Å². The van der Waals surface area contributed by atoms with Crippen LogP contribution in [0.1, 0.15) is 25.2 Å². The van der Waals surface area contributed by atoms with Gasteiger partial charge in [0.15, 0.2) is 0 Å². The van der Waals surface area contributed by atoms with Crippen molar-refractivity contribution in [3.05, 3.63) is 42.7 Å². The summed E-state index contributed by atoms with van der Waals surface area (Å²) in [4.78, 5) is 16.0. The van der Waals surface area contributed by atoms with E-state index in [1.54, 1.807) is 12.5 Å². The number of nitrogens with zero attached hydrogens (tertiary/aromatic N) is 3. The van der Waals surface area contributed by atoms with Crippen LogP contribution in [0.4, 0.5) is 11.5 Å². The number of aromatic nitrogens is 4. The van der Waals surface area contributed by atoms with Crippen LogP contribution in [0.3, 0.4) is 0 Å². The largest absolute Gasteiger partial charge is 0.399 e. The average Bonchev–Trinajstić information content (AvgIpc) is 2.99. The maximum atomic E-state index is 5.85. The molecule has 0 saturated carbocycles. The van der Waals surface area contributed by atoms with Crippen molar-refractivity contribution in [2.75, 3.05) is 11.1 Å². The summed E-state index contributed by atoms with van der Waals surface area (Å²) in [5.41, 5.74) is 7.41. The minimum Gasteiger partial charge on any atom is -0.399 e. The van der Waals surface area contributed by atoms with Gasteiger partial charge in [0.25, 0.3) is 0 Å². The van der Waals surface area contributed by atoms with Gasteiger partial charge in [0, 0.05) is 23.5 Å². The molecule has 2 aromatic heterocycles. The topological polar surface area (TPSA) is 92.5 Å². The molecule has 4 N–H and O–H groups in total. The number of H-pyrrole nitrogens is 1. The smallest absolute Gasteiger partial charge is 0.137 e. The number of anilines is 2. The van der Waals surface area contributed by atoms with Crippen molar-refractivity contribution in [2.45, 2.75) is 19.4 Å². The molecule has 3 aromatic rings.